The molecule has 2 aromatic carbocycles. The Labute approximate surface area is 139 Å². The number of hydrogen-bond donors (Lipinski definition) is 1. The van der Waals surface area contributed by atoms with Crippen LogP contribution in [0.2, 0.25) is 0 Å². The van der Waals surface area contributed by atoms with Crippen LogP contribution in [0.3, 0.4) is 0 Å². The maximum Gasteiger partial charge on any atom is 0.349 e. The summed E-state index contributed by atoms with van der Waals surface area (Å²) >= 11 is 0. The summed E-state index contributed by atoms with van der Waals surface area (Å²) in [5.41, 5.74) is 1.00. The van der Waals surface area contributed by atoms with Gasteiger partial charge in [-0.15, -0.1) is 0 Å². The van der Waals surface area contributed by atoms with Crippen molar-refractivity contribution in [2.24, 2.45) is 5.92 Å². The molecule has 1 N–H and O–H groups in total. The average molecular weight is 319 g/mol. The highest BCUT2D eigenvalue weighted by atomic mass is 16.4. The molecular weight excluding hydrogens is 302 g/mol. The third-order valence-corrected chi connectivity index (χ3v) is 4.42. The second-order valence-corrected chi connectivity index (χ2v) is 6.18. The van der Waals surface area contributed by atoms with Gasteiger partial charge >= 0.3 is 5.63 Å². The Kier molecular flexibility index (Phi) is 3.65. The van der Waals surface area contributed by atoms with E-state index in [0.717, 1.165) is 23.8 Å². The molecule has 0 spiro atoms. The zero-order chi connectivity index (χ0) is 16.5. The molecule has 1 amide bonds. The van der Waals surface area contributed by atoms with Crippen molar-refractivity contribution < 1.29 is 9.21 Å². The number of fused-ring (bicyclic) bond motifs is 1. The van der Waals surface area contributed by atoms with E-state index in [2.05, 4.69) is 5.32 Å². The molecule has 4 heteroatoms. The van der Waals surface area contributed by atoms with Crippen LogP contribution in [0.5, 0.6) is 0 Å². The molecule has 3 aromatic rings. The van der Waals surface area contributed by atoms with E-state index in [1.165, 1.54) is 0 Å². The third-order valence-electron chi connectivity index (χ3n) is 4.42. The lowest BCUT2D eigenvalue weighted by Crippen LogP contribution is -2.33. The van der Waals surface area contributed by atoms with E-state index in [0.29, 0.717) is 11.5 Å². The summed E-state index contributed by atoms with van der Waals surface area (Å²) in [6, 6.07) is 18.6. The molecule has 1 heterocycles. The van der Waals surface area contributed by atoms with Gasteiger partial charge < -0.3 is 9.73 Å². The molecule has 4 nitrogen and oxygen atoms in total. The van der Waals surface area contributed by atoms with Crippen molar-refractivity contribution in [2.45, 2.75) is 18.9 Å². The van der Waals surface area contributed by atoms with Crippen molar-refractivity contribution in [3.63, 3.8) is 0 Å². The SMILES string of the molecule is O=C(NC(c1ccccc1)C1CC1)c1cc2ccccc2oc1=O. The van der Waals surface area contributed by atoms with Crippen LogP contribution in [0.25, 0.3) is 11.0 Å². The van der Waals surface area contributed by atoms with Gasteiger partial charge in [0.15, 0.2) is 0 Å². The number of benzene rings is 2. The number of carbonyl (C=O) groups is 1. The molecule has 1 unspecified atom stereocenters. The van der Waals surface area contributed by atoms with Crippen LogP contribution in [-0.2, 0) is 0 Å². The molecule has 1 fully saturated rings. The first-order valence-corrected chi connectivity index (χ1v) is 8.11. The van der Waals surface area contributed by atoms with Crippen molar-refractivity contribution in [3.05, 3.63) is 82.2 Å². The van der Waals surface area contributed by atoms with Crippen molar-refractivity contribution in [1.29, 1.82) is 0 Å². The molecule has 120 valence electrons. The van der Waals surface area contributed by atoms with Gasteiger partial charge in [0.25, 0.3) is 5.91 Å². The van der Waals surface area contributed by atoms with Gasteiger partial charge in [-0.1, -0.05) is 48.5 Å². The lowest BCUT2D eigenvalue weighted by Gasteiger charge is -2.18. The summed E-state index contributed by atoms with van der Waals surface area (Å²) in [7, 11) is 0. The van der Waals surface area contributed by atoms with E-state index in [-0.39, 0.29) is 17.5 Å². The number of amides is 1. The van der Waals surface area contributed by atoms with E-state index in [9.17, 15) is 9.59 Å². The smallest absolute Gasteiger partial charge is 0.349 e. The van der Waals surface area contributed by atoms with Gasteiger partial charge in [-0.3, -0.25) is 4.79 Å². The fraction of sp³-hybridized carbons (Fsp3) is 0.200. The predicted molar refractivity (Wildman–Crippen MR) is 91.9 cm³/mol. The first-order chi connectivity index (χ1) is 11.7. The molecule has 0 bridgehead atoms. The number of hydrogen-bond acceptors (Lipinski definition) is 3. The second-order valence-electron chi connectivity index (χ2n) is 6.18. The zero-order valence-electron chi connectivity index (χ0n) is 13.1. The highest BCUT2D eigenvalue weighted by Crippen LogP contribution is 2.41. The van der Waals surface area contributed by atoms with Crippen LogP contribution in [0, 0.1) is 5.92 Å². The monoisotopic (exact) mass is 319 g/mol. The number of rotatable bonds is 4. The third kappa shape index (κ3) is 2.83. The lowest BCUT2D eigenvalue weighted by molar-refractivity contribution is 0.0928. The van der Waals surface area contributed by atoms with Crippen LogP contribution >= 0.6 is 0 Å². The molecule has 1 aliphatic carbocycles. The highest BCUT2D eigenvalue weighted by Gasteiger charge is 2.34. The van der Waals surface area contributed by atoms with Crippen molar-refractivity contribution in [2.75, 3.05) is 0 Å². The summed E-state index contributed by atoms with van der Waals surface area (Å²) in [5.74, 6) is 0.0547. The van der Waals surface area contributed by atoms with Gasteiger partial charge in [-0.05, 0) is 36.5 Å². The summed E-state index contributed by atoms with van der Waals surface area (Å²) in [6.45, 7) is 0. The topological polar surface area (TPSA) is 59.3 Å². The van der Waals surface area contributed by atoms with Crippen molar-refractivity contribution >= 4 is 16.9 Å². The maximum absolute atomic E-state index is 12.7. The van der Waals surface area contributed by atoms with E-state index in [1.807, 2.05) is 42.5 Å². The number of para-hydroxylation sites is 1. The van der Waals surface area contributed by atoms with E-state index in [1.54, 1.807) is 18.2 Å². The van der Waals surface area contributed by atoms with Gasteiger partial charge in [0.2, 0.25) is 0 Å². The minimum atomic E-state index is -0.603. The Morgan fingerprint density at radius 3 is 2.50 bits per heavy atom. The van der Waals surface area contributed by atoms with Gasteiger partial charge in [-0.25, -0.2) is 4.79 Å². The lowest BCUT2D eigenvalue weighted by atomic mass is 10.0. The summed E-state index contributed by atoms with van der Waals surface area (Å²) in [6.07, 6.45) is 2.18. The normalized spacial score (nSPS) is 15.2. The fourth-order valence-electron chi connectivity index (χ4n) is 3.00. The Morgan fingerprint density at radius 2 is 1.75 bits per heavy atom. The first-order valence-electron chi connectivity index (χ1n) is 8.11. The molecule has 0 saturated heterocycles. The first kappa shape index (κ1) is 14.7. The van der Waals surface area contributed by atoms with Crippen LogP contribution in [-0.4, -0.2) is 5.91 Å². The molecule has 1 aromatic heterocycles. The van der Waals surface area contributed by atoms with E-state index >= 15 is 0 Å². The van der Waals surface area contributed by atoms with Crippen molar-refractivity contribution in [3.8, 4) is 0 Å². The second kappa shape index (κ2) is 5.96. The van der Waals surface area contributed by atoms with Crippen LogP contribution in [0.4, 0.5) is 0 Å². The van der Waals surface area contributed by atoms with Crippen LogP contribution in [0.1, 0.15) is 34.8 Å². The Bertz CT molecular complexity index is 942. The largest absolute Gasteiger partial charge is 0.422 e. The fourth-order valence-corrected chi connectivity index (χ4v) is 3.00. The molecule has 1 saturated carbocycles. The highest BCUT2D eigenvalue weighted by molar-refractivity contribution is 5.96. The Morgan fingerprint density at radius 1 is 1.04 bits per heavy atom. The Balaban J connectivity index is 1.66. The molecule has 0 radical (unpaired) electrons. The zero-order valence-corrected chi connectivity index (χ0v) is 13.1. The van der Waals surface area contributed by atoms with Crippen molar-refractivity contribution in [1.82, 2.24) is 5.32 Å². The standard InChI is InChI=1S/C20H17NO3/c22-19(16-12-15-8-4-5-9-17(15)24-20(16)23)21-18(14-10-11-14)13-6-2-1-3-7-13/h1-9,12,14,18H,10-11H2,(H,21,22). The molecule has 24 heavy (non-hydrogen) atoms. The van der Waals surface area contributed by atoms with Crippen LogP contribution in [0.15, 0.2) is 69.9 Å². The molecule has 0 aliphatic heterocycles. The number of nitrogens with one attached hydrogen (secondary N) is 1. The molecule has 1 atom stereocenters. The summed E-state index contributed by atoms with van der Waals surface area (Å²) in [5, 5.41) is 3.76. The summed E-state index contributed by atoms with van der Waals surface area (Å²) in [4.78, 5) is 24.8. The van der Waals surface area contributed by atoms with Crippen LogP contribution < -0.4 is 10.9 Å². The predicted octanol–water partition coefficient (Wildman–Crippen LogP) is 3.67. The quantitative estimate of drug-likeness (QED) is 0.746. The van der Waals surface area contributed by atoms with E-state index in [4.69, 9.17) is 4.42 Å². The molecule has 1 aliphatic rings. The molecular formula is C20H17NO3. The number of carbonyl (C=O) groups excluding carboxylic acids is 1. The Hall–Kier alpha value is -2.88. The average Bonchev–Trinajstić information content (AvgIpc) is 3.44. The van der Waals surface area contributed by atoms with Gasteiger partial charge in [0.1, 0.15) is 11.1 Å². The van der Waals surface area contributed by atoms with Gasteiger partial charge in [0.05, 0.1) is 6.04 Å². The van der Waals surface area contributed by atoms with Gasteiger partial charge in [-0.2, -0.15) is 0 Å². The summed E-state index contributed by atoms with van der Waals surface area (Å²) < 4.78 is 5.26. The maximum atomic E-state index is 12.7. The van der Waals surface area contributed by atoms with E-state index < -0.39 is 5.63 Å². The minimum Gasteiger partial charge on any atom is -0.422 e. The van der Waals surface area contributed by atoms with Gasteiger partial charge in [0, 0.05) is 5.39 Å². The minimum absolute atomic E-state index is 0.0512. The molecule has 4 rings (SSSR count).